The molecule has 0 bridgehead atoms. The van der Waals surface area contributed by atoms with Crippen LogP contribution in [0.3, 0.4) is 0 Å². The van der Waals surface area contributed by atoms with Gasteiger partial charge in [-0.1, -0.05) is 42.0 Å². The van der Waals surface area contributed by atoms with Gasteiger partial charge < -0.3 is 9.15 Å². The number of nitrogens with zero attached hydrogens (tertiary/aromatic N) is 1. The Kier molecular flexibility index (Phi) is 10.3. The summed E-state index contributed by atoms with van der Waals surface area (Å²) in [6.07, 6.45) is -4.57. The van der Waals surface area contributed by atoms with E-state index in [1.807, 2.05) is 49.9 Å². The van der Waals surface area contributed by atoms with E-state index >= 15 is 0 Å². The summed E-state index contributed by atoms with van der Waals surface area (Å²) in [6.45, 7) is 6.08. The molecule has 0 unspecified atom stereocenters. The van der Waals surface area contributed by atoms with Gasteiger partial charge in [0.1, 0.15) is 18.3 Å². The number of rotatable bonds is 11. The van der Waals surface area contributed by atoms with E-state index in [0.29, 0.717) is 29.1 Å². The van der Waals surface area contributed by atoms with E-state index in [1.54, 1.807) is 6.07 Å². The zero-order valence-electron chi connectivity index (χ0n) is 24.3. The van der Waals surface area contributed by atoms with Crippen LogP contribution in [0.4, 0.5) is 22.0 Å². The lowest BCUT2D eigenvalue weighted by Crippen LogP contribution is -2.23. The second-order valence-electron chi connectivity index (χ2n) is 10.4. The standard InChI is InChI=1S/C33H32F5NO3S/c1-20-11-21(2)28(22(3)12-20)18-39(17-26-9-10-31(42-26)33(36,37)38)16-23-5-7-24(8-6-23)25-13-29(35)27(15-34)30(14-25)43-19-32(40)41-4/h5-14H,15-19H2,1-4H3. The fourth-order valence-corrected chi connectivity index (χ4v) is 5.91. The summed E-state index contributed by atoms with van der Waals surface area (Å²) in [5.74, 6) is -2.13. The van der Waals surface area contributed by atoms with E-state index in [2.05, 4.69) is 16.9 Å². The van der Waals surface area contributed by atoms with Gasteiger partial charge in [-0.15, -0.1) is 11.8 Å². The molecule has 0 aliphatic rings. The minimum Gasteiger partial charge on any atom is -0.468 e. The first kappa shape index (κ1) is 32.3. The van der Waals surface area contributed by atoms with Gasteiger partial charge in [0.15, 0.2) is 0 Å². The molecule has 0 atom stereocenters. The van der Waals surface area contributed by atoms with Gasteiger partial charge >= 0.3 is 12.1 Å². The summed E-state index contributed by atoms with van der Waals surface area (Å²) in [6, 6.07) is 16.7. The van der Waals surface area contributed by atoms with Crippen molar-refractivity contribution in [3.63, 3.8) is 0 Å². The van der Waals surface area contributed by atoms with E-state index in [1.165, 1.54) is 19.2 Å². The fourth-order valence-electron chi connectivity index (χ4n) is 4.98. The quantitative estimate of drug-likeness (QED) is 0.0955. The normalized spacial score (nSPS) is 11.8. The Labute approximate surface area is 251 Å². The minimum absolute atomic E-state index is 0.0821. The predicted molar refractivity (Wildman–Crippen MR) is 157 cm³/mol. The highest BCUT2D eigenvalue weighted by molar-refractivity contribution is 8.00. The van der Waals surface area contributed by atoms with Crippen molar-refractivity contribution in [3.05, 3.63) is 111 Å². The maximum absolute atomic E-state index is 14.8. The van der Waals surface area contributed by atoms with Gasteiger partial charge in [-0.05, 0) is 78.4 Å². The number of esters is 1. The van der Waals surface area contributed by atoms with Crippen LogP contribution in [-0.4, -0.2) is 23.7 Å². The Morgan fingerprint density at radius 2 is 1.56 bits per heavy atom. The van der Waals surface area contributed by atoms with Crippen LogP contribution in [0.5, 0.6) is 0 Å². The van der Waals surface area contributed by atoms with E-state index < -0.39 is 30.4 Å². The molecule has 0 fully saturated rings. The third kappa shape index (κ3) is 8.26. The third-order valence-electron chi connectivity index (χ3n) is 7.10. The number of hydrogen-bond acceptors (Lipinski definition) is 5. The van der Waals surface area contributed by atoms with Crippen molar-refractivity contribution < 1.29 is 35.9 Å². The molecule has 0 spiro atoms. The Hall–Kier alpha value is -3.63. The van der Waals surface area contributed by atoms with Crippen molar-refractivity contribution in [3.8, 4) is 11.1 Å². The summed E-state index contributed by atoms with van der Waals surface area (Å²) in [4.78, 5) is 13.9. The van der Waals surface area contributed by atoms with E-state index in [9.17, 15) is 26.7 Å². The van der Waals surface area contributed by atoms with Crippen molar-refractivity contribution in [2.24, 2.45) is 0 Å². The van der Waals surface area contributed by atoms with Crippen molar-refractivity contribution in [2.75, 3.05) is 12.9 Å². The maximum atomic E-state index is 14.8. The Morgan fingerprint density at radius 3 is 2.14 bits per heavy atom. The van der Waals surface area contributed by atoms with Gasteiger partial charge in [0.05, 0.1) is 19.4 Å². The molecule has 1 aromatic heterocycles. The van der Waals surface area contributed by atoms with Crippen LogP contribution < -0.4 is 0 Å². The fraction of sp³-hybridized carbons (Fsp3) is 0.303. The molecule has 0 aliphatic carbocycles. The summed E-state index contributed by atoms with van der Waals surface area (Å²) in [7, 11) is 1.25. The van der Waals surface area contributed by atoms with Gasteiger partial charge in [0.2, 0.25) is 5.76 Å². The largest absolute Gasteiger partial charge is 0.468 e. The molecule has 1 heterocycles. The van der Waals surface area contributed by atoms with E-state index in [4.69, 9.17) is 4.42 Å². The van der Waals surface area contributed by atoms with Crippen molar-refractivity contribution in [1.29, 1.82) is 0 Å². The molecular formula is C33H32F5NO3S. The number of methoxy groups -OCH3 is 1. The predicted octanol–water partition coefficient (Wildman–Crippen LogP) is 8.97. The van der Waals surface area contributed by atoms with Gasteiger partial charge in [0, 0.05) is 23.5 Å². The van der Waals surface area contributed by atoms with Crippen molar-refractivity contribution in [2.45, 2.75) is 58.2 Å². The molecule has 0 N–H and O–H groups in total. The smallest absolute Gasteiger partial charge is 0.449 e. The molecule has 3 aromatic carbocycles. The molecule has 4 aromatic rings. The maximum Gasteiger partial charge on any atom is 0.449 e. The number of thioether (sulfide) groups is 1. The number of aryl methyl sites for hydroxylation is 3. The van der Waals surface area contributed by atoms with Gasteiger partial charge in [-0.2, -0.15) is 13.2 Å². The molecule has 0 radical (unpaired) electrons. The van der Waals surface area contributed by atoms with Gasteiger partial charge in [-0.3, -0.25) is 9.69 Å². The van der Waals surface area contributed by atoms with Crippen LogP contribution in [0.15, 0.2) is 70.0 Å². The Bertz CT molecular complexity index is 1560. The van der Waals surface area contributed by atoms with Gasteiger partial charge in [0.25, 0.3) is 0 Å². The topological polar surface area (TPSA) is 42.7 Å². The summed E-state index contributed by atoms with van der Waals surface area (Å²) < 4.78 is 77.6. The number of furan rings is 1. The monoisotopic (exact) mass is 617 g/mol. The first-order valence-electron chi connectivity index (χ1n) is 13.5. The number of carbonyl (C=O) groups excluding carboxylic acids is 1. The molecular weight excluding hydrogens is 585 g/mol. The minimum atomic E-state index is -4.57. The molecule has 10 heteroatoms. The van der Waals surface area contributed by atoms with Crippen LogP contribution in [0.2, 0.25) is 0 Å². The van der Waals surface area contributed by atoms with Crippen LogP contribution in [0, 0.1) is 26.6 Å². The second kappa shape index (κ2) is 13.8. The zero-order chi connectivity index (χ0) is 31.3. The van der Waals surface area contributed by atoms with Crippen LogP contribution >= 0.6 is 11.8 Å². The molecule has 0 saturated carbocycles. The Morgan fingerprint density at radius 1 is 0.884 bits per heavy atom. The van der Waals surface area contributed by atoms with Crippen molar-refractivity contribution in [1.82, 2.24) is 4.90 Å². The van der Waals surface area contributed by atoms with E-state index in [0.717, 1.165) is 45.6 Å². The first-order valence-corrected chi connectivity index (χ1v) is 14.5. The van der Waals surface area contributed by atoms with Crippen LogP contribution in [-0.2, 0) is 42.0 Å². The highest BCUT2D eigenvalue weighted by Crippen LogP contribution is 2.33. The zero-order valence-corrected chi connectivity index (χ0v) is 25.1. The lowest BCUT2D eigenvalue weighted by Gasteiger charge is -2.24. The third-order valence-corrected chi connectivity index (χ3v) is 8.15. The average Bonchev–Trinajstić information content (AvgIpc) is 3.43. The summed E-state index contributed by atoms with van der Waals surface area (Å²) >= 11 is 1.01. The molecule has 0 saturated heterocycles. The second-order valence-corrected chi connectivity index (χ2v) is 11.4. The van der Waals surface area contributed by atoms with Gasteiger partial charge in [-0.25, -0.2) is 8.78 Å². The number of ether oxygens (including phenoxy) is 1. The Balaban J connectivity index is 1.60. The van der Waals surface area contributed by atoms with Crippen LogP contribution in [0.25, 0.3) is 11.1 Å². The number of halogens is 5. The first-order chi connectivity index (χ1) is 20.4. The van der Waals surface area contributed by atoms with E-state index in [-0.39, 0.29) is 23.6 Å². The number of alkyl halides is 4. The summed E-state index contributed by atoms with van der Waals surface area (Å²) in [5, 5.41) is 0. The summed E-state index contributed by atoms with van der Waals surface area (Å²) in [5.41, 5.74) is 6.38. The molecule has 0 amide bonds. The number of hydrogen-bond donors (Lipinski definition) is 0. The average molecular weight is 618 g/mol. The molecule has 43 heavy (non-hydrogen) atoms. The lowest BCUT2D eigenvalue weighted by molar-refractivity contribution is -0.153. The number of carbonyl (C=O) groups is 1. The molecule has 0 aliphatic heterocycles. The highest BCUT2D eigenvalue weighted by Gasteiger charge is 2.35. The number of benzene rings is 3. The lowest BCUT2D eigenvalue weighted by atomic mass is 9.99. The van der Waals surface area contributed by atoms with Crippen molar-refractivity contribution >= 4 is 17.7 Å². The molecule has 228 valence electrons. The molecule has 4 rings (SSSR count). The highest BCUT2D eigenvalue weighted by atomic mass is 32.2. The molecule has 4 nitrogen and oxygen atoms in total. The SMILES string of the molecule is COC(=O)CSc1cc(-c2ccc(CN(Cc3ccc(C(F)(F)F)o3)Cc3c(C)cc(C)cc3C)cc2)cc(F)c1CF. The van der Waals surface area contributed by atoms with Crippen LogP contribution in [0.1, 0.15) is 44.9 Å².